The van der Waals surface area contributed by atoms with Crippen LogP contribution in [0.15, 0.2) is 28.8 Å². The average molecular weight is 411 g/mol. The number of carbonyl (C=O) groups excluding carboxylic acids is 2. The molecule has 1 aromatic heterocycles. The third kappa shape index (κ3) is 4.25. The second-order valence-corrected chi connectivity index (χ2v) is 8.91. The molecule has 0 saturated carbocycles. The Labute approximate surface area is 177 Å². The maximum absolute atomic E-state index is 13.6. The SMILES string of the molecule is Cc1noc(C2CCCN(C(=O)C3Cc4ccccc4CN3C(=O)CC(C)C)C2)n1. The first-order valence-corrected chi connectivity index (χ1v) is 10.9. The van der Waals surface area contributed by atoms with Crippen LogP contribution in [-0.2, 0) is 22.6 Å². The van der Waals surface area contributed by atoms with Gasteiger partial charge in [0.25, 0.3) is 0 Å². The minimum atomic E-state index is -0.450. The molecule has 4 rings (SSSR count). The summed E-state index contributed by atoms with van der Waals surface area (Å²) in [7, 11) is 0. The smallest absolute Gasteiger partial charge is 0.245 e. The molecule has 7 heteroatoms. The molecule has 2 unspecified atom stereocenters. The highest BCUT2D eigenvalue weighted by Crippen LogP contribution is 2.30. The lowest BCUT2D eigenvalue weighted by Crippen LogP contribution is -2.55. The van der Waals surface area contributed by atoms with Crippen LogP contribution in [0.1, 0.15) is 61.9 Å². The van der Waals surface area contributed by atoms with Crippen molar-refractivity contribution in [2.24, 2.45) is 5.92 Å². The first-order valence-electron chi connectivity index (χ1n) is 10.9. The van der Waals surface area contributed by atoms with Gasteiger partial charge in [0.15, 0.2) is 5.82 Å². The van der Waals surface area contributed by atoms with E-state index in [1.54, 1.807) is 11.8 Å². The maximum atomic E-state index is 13.6. The van der Waals surface area contributed by atoms with Crippen molar-refractivity contribution in [3.05, 3.63) is 47.1 Å². The van der Waals surface area contributed by atoms with Crippen LogP contribution in [0.2, 0.25) is 0 Å². The number of carbonyl (C=O) groups is 2. The summed E-state index contributed by atoms with van der Waals surface area (Å²) in [6.45, 7) is 7.63. The van der Waals surface area contributed by atoms with E-state index in [-0.39, 0.29) is 23.7 Å². The third-order valence-corrected chi connectivity index (χ3v) is 6.06. The number of aryl methyl sites for hydroxylation is 1. The molecule has 0 radical (unpaired) electrons. The Hall–Kier alpha value is -2.70. The largest absolute Gasteiger partial charge is 0.340 e. The molecule has 160 valence electrons. The fourth-order valence-electron chi connectivity index (χ4n) is 4.54. The van der Waals surface area contributed by atoms with Crippen LogP contribution in [0.25, 0.3) is 0 Å². The van der Waals surface area contributed by atoms with E-state index in [1.807, 2.05) is 30.9 Å². The zero-order valence-corrected chi connectivity index (χ0v) is 18.0. The Morgan fingerprint density at radius 1 is 1.23 bits per heavy atom. The van der Waals surface area contributed by atoms with Crippen LogP contribution >= 0.6 is 0 Å². The van der Waals surface area contributed by atoms with Gasteiger partial charge in [-0.25, -0.2) is 0 Å². The third-order valence-electron chi connectivity index (χ3n) is 6.06. The van der Waals surface area contributed by atoms with E-state index in [0.717, 1.165) is 24.0 Å². The Kier molecular flexibility index (Phi) is 5.88. The van der Waals surface area contributed by atoms with Gasteiger partial charge in [0.1, 0.15) is 6.04 Å². The van der Waals surface area contributed by atoms with Gasteiger partial charge in [-0.15, -0.1) is 0 Å². The van der Waals surface area contributed by atoms with Crippen LogP contribution in [0.5, 0.6) is 0 Å². The quantitative estimate of drug-likeness (QED) is 0.774. The molecule has 3 heterocycles. The van der Waals surface area contributed by atoms with Crippen molar-refractivity contribution in [2.45, 2.75) is 65.0 Å². The van der Waals surface area contributed by atoms with Crippen molar-refractivity contribution < 1.29 is 14.1 Å². The number of amides is 2. The van der Waals surface area contributed by atoms with Crippen LogP contribution in [0, 0.1) is 12.8 Å². The monoisotopic (exact) mass is 410 g/mol. The number of aromatic nitrogens is 2. The summed E-state index contributed by atoms with van der Waals surface area (Å²) < 4.78 is 5.36. The lowest BCUT2D eigenvalue weighted by atomic mass is 9.91. The number of hydrogen-bond acceptors (Lipinski definition) is 5. The molecule has 0 aliphatic carbocycles. The highest BCUT2D eigenvalue weighted by molar-refractivity contribution is 5.88. The summed E-state index contributed by atoms with van der Waals surface area (Å²) in [5.41, 5.74) is 2.29. The van der Waals surface area contributed by atoms with Gasteiger partial charge in [-0.3, -0.25) is 9.59 Å². The zero-order valence-electron chi connectivity index (χ0n) is 18.0. The molecule has 1 fully saturated rings. The Morgan fingerprint density at radius 3 is 2.70 bits per heavy atom. The highest BCUT2D eigenvalue weighted by atomic mass is 16.5. The fraction of sp³-hybridized carbons (Fsp3) is 0.565. The fourth-order valence-corrected chi connectivity index (χ4v) is 4.54. The summed E-state index contributed by atoms with van der Waals surface area (Å²) in [5.74, 6) is 1.61. The van der Waals surface area contributed by atoms with Crippen molar-refractivity contribution in [1.82, 2.24) is 19.9 Å². The van der Waals surface area contributed by atoms with Crippen molar-refractivity contribution in [3.8, 4) is 0 Å². The van der Waals surface area contributed by atoms with Gasteiger partial charge in [-0.2, -0.15) is 4.98 Å². The van der Waals surface area contributed by atoms with Crippen molar-refractivity contribution in [1.29, 1.82) is 0 Å². The Balaban J connectivity index is 1.55. The summed E-state index contributed by atoms with van der Waals surface area (Å²) >= 11 is 0. The topological polar surface area (TPSA) is 79.5 Å². The molecule has 1 aromatic carbocycles. The molecular formula is C23H30N4O3. The number of rotatable bonds is 4. The zero-order chi connectivity index (χ0) is 21.3. The van der Waals surface area contributed by atoms with E-state index in [2.05, 4.69) is 22.3 Å². The Morgan fingerprint density at radius 2 is 2.00 bits per heavy atom. The highest BCUT2D eigenvalue weighted by Gasteiger charge is 2.38. The minimum absolute atomic E-state index is 0.0301. The molecule has 0 N–H and O–H groups in total. The predicted octanol–water partition coefficient (Wildman–Crippen LogP) is 3.08. The van der Waals surface area contributed by atoms with E-state index < -0.39 is 6.04 Å². The lowest BCUT2D eigenvalue weighted by molar-refractivity contribution is -0.148. The van der Waals surface area contributed by atoms with Gasteiger partial charge in [-0.05, 0) is 36.8 Å². The second kappa shape index (κ2) is 8.58. The normalized spacial score (nSPS) is 21.6. The molecule has 2 aromatic rings. The number of benzene rings is 1. The molecule has 2 atom stereocenters. The number of likely N-dealkylation sites (tertiary alicyclic amines) is 1. The molecule has 2 amide bonds. The summed E-state index contributed by atoms with van der Waals surface area (Å²) in [4.78, 5) is 34.7. The van der Waals surface area contributed by atoms with Crippen LogP contribution < -0.4 is 0 Å². The van der Waals surface area contributed by atoms with Crippen LogP contribution in [0.4, 0.5) is 0 Å². The summed E-state index contributed by atoms with van der Waals surface area (Å²) in [5, 5.41) is 3.90. The predicted molar refractivity (Wildman–Crippen MR) is 112 cm³/mol. The maximum Gasteiger partial charge on any atom is 0.245 e. The molecule has 0 spiro atoms. The molecular weight excluding hydrogens is 380 g/mol. The van der Waals surface area contributed by atoms with Crippen LogP contribution in [-0.4, -0.2) is 50.9 Å². The molecule has 7 nitrogen and oxygen atoms in total. The van der Waals surface area contributed by atoms with E-state index in [9.17, 15) is 9.59 Å². The van der Waals surface area contributed by atoms with Crippen molar-refractivity contribution in [3.63, 3.8) is 0 Å². The number of hydrogen-bond donors (Lipinski definition) is 0. The molecule has 2 aliphatic rings. The van der Waals surface area contributed by atoms with E-state index in [1.165, 1.54) is 0 Å². The van der Waals surface area contributed by atoms with E-state index >= 15 is 0 Å². The molecule has 30 heavy (non-hydrogen) atoms. The Bertz CT molecular complexity index is 923. The van der Waals surface area contributed by atoms with E-state index in [4.69, 9.17) is 4.52 Å². The number of nitrogens with zero attached hydrogens (tertiary/aromatic N) is 4. The van der Waals surface area contributed by atoms with Gasteiger partial charge < -0.3 is 14.3 Å². The second-order valence-electron chi connectivity index (χ2n) is 8.91. The standard InChI is InChI=1S/C23H30N4O3/c1-15(2)11-21(28)27-14-18-8-5-4-7-17(18)12-20(27)23(29)26-10-6-9-19(13-26)22-24-16(3)25-30-22/h4-5,7-8,15,19-20H,6,9-14H2,1-3H3. The number of fused-ring (bicyclic) bond motifs is 1. The summed E-state index contributed by atoms with van der Waals surface area (Å²) in [6.07, 6.45) is 2.84. The minimum Gasteiger partial charge on any atom is -0.340 e. The summed E-state index contributed by atoms with van der Waals surface area (Å²) in [6, 6.07) is 7.67. The van der Waals surface area contributed by atoms with Crippen molar-refractivity contribution in [2.75, 3.05) is 13.1 Å². The first-order chi connectivity index (χ1) is 14.4. The number of piperidine rings is 1. The lowest BCUT2D eigenvalue weighted by Gasteiger charge is -2.40. The van der Waals surface area contributed by atoms with Gasteiger partial charge in [-0.1, -0.05) is 43.3 Å². The van der Waals surface area contributed by atoms with Gasteiger partial charge in [0, 0.05) is 32.5 Å². The van der Waals surface area contributed by atoms with Gasteiger partial charge in [0.05, 0.1) is 5.92 Å². The first kappa shape index (κ1) is 20.6. The van der Waals surface area contributed by atoms with Gasteiger partial charge >= 0.3 is 0 Å². The average Bonchev–Trinajstić information content (AvgIpc) is 3.18. The van der Waals surface area contributed by atoms with Crippen LogP contribution in [0.3, 0.4) is 0 Å². The molecule has 1 saturated heterocycles. The van der Waals surface area contributed by atoms with E-state index in [0.29, 0.717) is 44.2 Å². The van der Waals surface area contributed by atoms with Gasteiger partial charge in [0.2, 0.25) is 17.7 Å². The molecule has 0 bridgehead atoms. The van der Waals surface area contributed by atoms with Crippen molar-refractivity contribution >= 4 is 11.8 Å². The molecule has 2 aliphatic heterocycles.